The van der Waals surface area contributed by atoms with Crippen molar-refractivity contribution in [3.63, 3.8) is 0 Å². The van der Waals surface area contributed by atoms with Crippen molar-refractivity contribution in [2.45, 2.75) is 90.5 Å². The second kappa shape index (κ2) is 8.92. The summed E-state index contributed by atoms with van der Waals surface area (Å²) in [5, 5.41) is 17.7. The van der Waals surface area contributed by atoms with Gasteiger partial charge in [0.1, 0.15) is 6.07 Å². The van der Waals surface area contributed by atoms with Gasteiger partial charge in [0.2, 0.25) is 0 Å². The van der Waals surface area contributed by atoms with Crippen molar-refractivity contribution in [3.05, 3.63) is 11.4 Å². The normalized spacial score (nSPS) is 21.7. The first-order valence-corrected chi connectivity index (χ1v) is 9.13. The molecular weight excluding hydrogens is 272 g/mol. The van der Waals surface area contributed by atoms with Gasteiger partial charge in [0.05, 0.1) is 5.69 Å². The van der Waals surface area contributed by atoms with Crippen LogP contribution >= 0.6 is 0 Å². The van der Waals surface area contributed by atoms with Crippen molar-refractivity contribution < 1.29 is 0 Å². The Balaban J connectivity index is 1.99. The average Bonchev–Trinajstić information content (AvgIpc) is 2.96. The van der Waals surface area contributed by atoms with Crippen LogP contribution in [0.5, 0.6) is 0 Å². The van der Waals surface area contributed by atoms with Crippen molar-refractivity contribution in [3.8, 4) is 6.07 Å². The highest BCUT2D eigenvalue weighted by Crippen LogP contribution is 2.38. The molecule has 1 saturated carbocycles. The summed E-state index contributed by atoms with van der Waals surface area (Å²) in [4.78, 5) is 0. The molecule has 1 aromatic rings. The second-order valence-electron chi connectivity index (χ2n) is 6.73. The van der Waals surface area contributed by atoms with E-state index in [1.807, 2.05) is 4.68 Å². The smallest absolute Gasteiger partial charge is 0.186 e. The summed E-state index contributed by atoms with van der Waals surface area (Å²) in [6, 6.07) is 2.25. The van der Waals surface area contributed by atoms with Gasteiger partial charge in [0.25, 0.3) is 0 Å². The summed E-state index contributed by atoms with van der Waals surface area (Å²) in [5.41, 5.74) is 1.68. The van der Waals surface area contributed by atoms with E-state index in [0.29, 0.717) is 11.6 Å². The van der Waals surface area contributed by atoms with Gasteiger partial charge in [0, 0.05) is 12.5 Å². The van der Waals surface area contributed by atoms with E-state index >= 15 is 0 Å². The number of nitriles is 1. The third-order valence-electron chi connectivity index (χ3n) is 5.05. The first kappa shape index (κ1) is 17.0. The Bertz CT molecular complexity index is 478. The van der Waals surface area contributed by atoms with Crippen molar-refractivity contribution in [1.82, 2.24) is 15.0 Å². The minimum Gasteiger partial charge on any atom is -0.248 e. The lowest BCUT2D eigenvalue weighted by molar-refractivity contribution is 0.295. The Kier molecular flexibility index (Phi) is 6.89. The standard InChI is InChI=1S/C18H30N4/c1-3-5-7-13-22-18(17(14-19)20-21-22)16-11-9-15(10-12-16)8-6-4-2/h15-16H,3-13H2,1-2H3. The van der Waals surface area contributed by atoms with E-state index in [-0.39, 0.29) is 0 Å². The van der Waals surface area contributed by atoms with Gasteiger partial charge in [-0.2, -0.15) is 5.26 Å². The molecule has 0 aliphatic heterocycles. The van der Waals surface area contributed by atoms with Crippen molar-refractivity contribution >= 4 is 0 Å². The summed E-state index contributed by atoms with van der Waals surface area (Å²) < 4.78 is 2.02. The minimum absolute atomic E-state index is 0.490. The van der Waals surface area contributed by atoms with Crippen LogP contribution < -0.4 is 0 Å². The molecular formula is C18H30N4. The summed E-state index contributed by atoms with van der Waals surface area (Å²) in [5.74, 6) is 1.38. The Morgan fingerprint density at radius 1 is 1.09 bits per heavy atom. The fourth-order valence-electron chi connectivity index (χ4n) is 3.70. The maximum atomic E-state index is 9.34. The second-order valence-corrected chi connectivity index (χ2v) is 6.73. The number of nitrogens with zero attached hydrogens (tertiary/aromatic N) is 4. The molecule has 0 amide bonds. The van der Waals surface area contributed by atoms with E-state index in [1.54, 1.807) is 0 Å². The van der Waals surface area contributed by atoms with Gasteiger partial charge in [-0.25, -0.2) is 4.68 Å². The molecule has 1 aliphatic carbocycles. The third-order valence-corrected chi connectivity index (χ3v) is 5.05. The Hall–Kier alpha value is -1.37. The average molecular weight is 302 g/mol. The van der Waals surface area contributed by atoms with Crippen molar-refractivity contribution in [1.29, 1.82) is 5.26 Å². The lowest BCUT2D eigenvalue weighted by atomic mass is 9.78. The van der Waals surface area contributed by atoms with Gasteiger partial charge in [0.15, 0.2) is 5.69 Å². The van der Waals surface area contributed by atoms with Crippen molar-refractivity contribution in [2.24, 2.45) is 5.92 Å². The van der Waals surface area contributed by atoms with Gasteiger partial charge < -0.3 is 0 Å². The number of rotatable bonds is 8. The summed E-state index contributed by atoms with van der Waals surface area (Å²) in [6.45, 7) is 5.39. The highest BCUT2D eigenvalue weighted by Gasteiger charge is 2.27. The predicted molar refractivity (Wildman–Crippen MR) is 88.5 cm³/mol. The monoisotopic (exact) mass is 302 g/mol. The molecule has 122 valence electrons. The molecule has 0 spiro atoms. The molecule has 1 aliphatic rings. The molecule has 1 heterocycles. The lowest BCUT2D eigenvalue weighted by Gasteiger charge is -2.28. The van der Waals surface area contributed by atoms with E-state index < -0.39 is 0 Å². The first-order valence-electron chi connectivity index (χ1n) is 9.13. The van der Waals surface area contributed by atoms with E-state index in [4.69, 9.17) is 0 Å². The van der Waals surface area contributed by atoms with Crippen LogP contribution in [0.25, 0.3) is 0 Å². The molecule has 0 N–H and O–H groups in total. The van der Waals surface area contributed by atoms with Crippen molar-refractivity contribution in [2.75, 3.05) is 0 Å². The molecule has 0 unspecified atom stereocenters. The van der Waals surface area contributed by atoms with Gasteiger partial charge in [-0.05, 0) is 38.0 Å². The van der Waals surface area contributed by atoms with Crippen LogP contribution in [0.15, 0.2) is 0 Å². The molecule has 0 atom stereocenters. The zero-order valence-electron chi connectivity index (χ0n) is 14.2. The van der Waals surface area contributed by atoms with E-state index in [0.717, 1.165) is 24.6 Å². The van der Waals surface area contributed by atoms with Crippen LogP contribution in [0.4, 0.5) is 0 Å². The molecule has 0 aromatic carbocycles. The van der Waals surface area contributed by atoms with E-state index in [2.05, 4.69) is 30.2 Å². The molecule has 1 fully saturated rings. The summed E-state index contributed by atoms with van der Waals surface area (Å²) in [6.07, 6.45) is 12.6. The van der Waals surface area contributed by atoms with Gasteiger partial charge >= 0.3 is 0 Å². The molecule has 0 radical (unpaired) electrons. The molecule has 22 heavy (non-hydrogen) atoms. The summed E-state index contributed by atoms with van der Waals surface area (Å²) in [7, 11) is 0. The molecule has 0 saturated heterocycles. The van der Waals surface area contributed by atoms with Gasteiger partial charge in [-0.15, -0.1) is 5.10 Å². The van der Waals surface area contributed by atoms with Crippen LogP contribution in [0.2, 0.25) is 0 Å². The quantitative estimate of drug-likeness (QED) is 0.648. The Labute approximate surface area is 134 Å². The molecule has 1 aromatic heterocycles. The van der Waals surface area contributed by atoms with Crippen LogP contribution in [0, 0.1) is 17.2 Å². The van der Waals surface area contributed by atoms with Gasteiger partial charge in [-0.1, -0.05) is 51.2 Å². The van der Waals surface area contributed by atoms with Crippen LogP contribution in [0.1, 0.15) is 95.4 Å². The molecule has 2 rings (SSSR count). The Morgan fingerprint density at radius 3 is 2.45 bits per heavy atom. The Morgan fingerprint density at radius 2 is 1.82 bits per heavy atom. The number of unbranched alkanes of at least 4 members (excludes halogenated alkanes) is 3. The van der Waals surface area contributed by atoms with E-state index in [9.17, 15) is 5.26 Å². The fourth-order valence-corrected chi connectivity index (χ4v) is 3.70. The zero-order chi connectivity index (χ0) is 15.8. The molecule has 4 nitrogen and oxygen atoms in total. The lowest BCUT2D eigenvalue weighted by Crippen LogP contribution is -2.18. The largest absolute Gasteiger partial charge is 0.248 e. The van der Waals surface area contributed by atoms with Crippen LogP contribution in [-0.2, 0) is 6.54 Å². The number of hydrogen-bond acceptors (Lipinski definition) is 3. The summed E-state index contributed by atoms with van der Waals surface area (Å²) >= 11 is 0. The minimum atomic E-state index is 0.490. The maximum Gasteiger partial charge on any atom is 0.186 e. The fraction of sp³-hybridized carbons (Fsp3) is 0.833. The number of aromatic nitrogens is 3. The topological polar surface area (TPSA) is 54.5 Å². The number of hydrogen-bond donors (Lipinski definition) is 0. The number of aryl methyl sites for hydroxylation is 1. The predicted octanol–water partition coefficient (Wildman–Crippen LogP) is 4.80. The molecule has 4 heteroatoms. The van der Waals surface area contributed by atoms with E-state index in [1.165, 1.54) is 57.8 Å². The molecule has 0 bridgehead atoms. The van der Waals surface area contributed by atoms with Crippen LogP contribution in [0.3, 0.4) is 0 Å². The first-order chi connectivity index (χ1) is 10.8. The SMILES string of the molecule is CCCCCn1nnc(C#N)c1C1CCC(CCCC)CC1. The van der Waals surface area contributed by atoms with Gasteiger partial charge in [-0.3, -0.25) is 0 Å². The van der Waals surface area contributed by atoms with Crippen LogP contribution in [-0.4, -0.2) is 15.0 Å². The third kappa shape index (κ3) is 4.32. The highest BCUT2D eigenvalue weighted by atomic mass is 15.4. The zero-order valence-corrected chi connectivity index (χ0v) is 14.2. The maximum absolute atomic E-state index is 9.34. The highest BCUT2D eigenvalue weighted by molar-refractivity contribution is 5.28.